The second-order valence-corrected chi connectivity index (χ2v) is 5.13. The highest BCUT2D eigenvalue weighted by Gasteiger charge is 2.26. The van der Waals surface area contributed by atoms with E-state index < -0.39 is 13.6 Å². The van der Waals surface area contributed by atoms with Crippen molar-refractivity contribution in [3.8, 4) is 5.75 Å². The monoisotopic (exact) mass is 228 g/mol. The van der Waals surface area contributed by atoms with Crippen LogP contribution in [0.15, 0.2) is 30.3 Å². The Morgan fingerprint density at radius 1 is 1.33 bits per heavy atom. The van der Waals surface area contributed by atoms with Crippen molar-refractivity contribution in [3.05, 3.63) is 30.3 Å². The molecule has 0 saturated heterocycles. The van der Waals surface area contributed by atoms with Crippen LogP contribution in [-0.2, 0) is 13.9 Å². The molecule has 4 nitrogen and oxygen atoms in total. The normalized spacial score (nSPS) is 14.0. The lowest BCUT2D eigenvalue weighted by atomic mass is 10.3. The van der Waals surface area contributed by atoms with Gasteiger partial charge < -0.3 is 9.05 Å². The van der Waals surface area contributed by atoms with Crippen molar-refractivity contribution in [2.24, 2.45) is 0 Å². The number of carbonyl (C=O) groups excluding carboxylic acids is 1. The van der Waals surface area contributed by atoms with E-state index >= 15 is 0 Å². The van der Waals surface area contributed by atoms with Gasteiger partial charge in [0.25, 0.3) is 0 Å². The van der Waals surface area contributed by atoms with E-state index in [9.17, 15) is 9.36 Å². The van der Waals surface area contributed by atoms with E-state index in [1.54, 1.807) is 31.2 Å². The van der Waals surface area contributed by atoms with Gasteiger partial charge in [0.15, 0.2) is 0 Å². The molecule has 1 aromatic rings. The fraction of sp³-hybridized carbons (Fsp3) is 0.300. The highest BCUT2D eigenvalue weighted by Crippen LogP contribution is 2.47. The van der Waals surface area contributed by atoms with Crippen LogP contribution in [0.1, 0.15) is 13.8 Å². The fourth-order valence-electron chi connectivity index (χ4n) is 0.986. The summed E-state index contributed by atoms with van der Waals surface area (Å²) in [5, 5.41) is 0. The maximum atomic E-state index is 11.9. The van der Waals surface area contributed by atoms with Crippen LogP contribution in [0.4, 0.5) is 0 Å². The first-order valence-electron chi connectivity index (χ1n) is 4.59. The van der Waals surface area contributed by atoms with Crippen LogP contribution >= 0.6 is 7.60 Å². The third-order valence-electron chi connectivity index (χ3n) is 1.64. The Labute approximate surface area is 88.7 Å². The largest absolute Gasteiger partial charge is 0.432 e. The van der Waals surface area contributed by atoms with E-state index in [0.717, 1.165) is 0 Å². The predicted molar refractivity (Wildman–Crippen MR) is 57.0 cm³/mol. The molecule has 5 heteroatoms. The Morgan fingerprint density at radius 3 is 2.40 bits per heavy atom. The maximum absolute atomic E-state index is 11.9. The minimum absolute atomic E-state index is 0.154. The van der Waals surface area contributed by atoms with Crippen LogP contribution in [0.25, 0.3) is 0 Å². The fourth-order valence-corrected chi connectivity index (χ4v) is 2.12. The van der Waals surface area contributed by atoms with Gasteiger partial charge in [-0.15, -0.1) is 0 Å². The lowest BCUT2D eigenvalue weighted by Crippen LogP contribution is -2.04. The molecule has 0 amide bonds. The van der Waals surface area contributed by atoms with Crippen LogP contribution in [0.2, 0.25) is 0 Å². The molecule has 82 valence electrons. The number of hydrogen-bond acceptors (Lipinski definition) is 4. The predicted octanol–water partition coefficient (Wildman–Crippen LogP) is 2.84. The second-order valence-electron chi connectivity index (χ2n) is 2.91. The smallest absolute Gasteiger partial charge is 0.416 e. The van der Waals surface area contributed by atoms with E-state index in [-0.39, 0.29) is 6.16 Å². The Balaban J connectivity index is 2.77. The average Bonchev–Trinajstić information content (AvgIpc) is 2.18. The molecule has 0 fully saturated rings. The molecule has 0 bridgehead atoms. The number of benzene rings is 1. The molecular formula is C10H13O4P. The van der Waals surface area contributed by atoms with Crippen molar-refractivity contribution in [2.75, 3.05) is 6.16 Å². The van der Waals surface area contributed by atoms with Crippen molar-refractivity contribution in [3.63, 3.8) is 0 Å². The van der Waals surface area contributed by atoms with Gasteiger partial charge in [0.2, 0.25) is 0 Å². The third kappa shape index (κ3) is 3.76. The summed E-state index contributed by atoms with van der Waals surface area (Å²) in [6.07, 6.45) is 0.154. The summed E-state index contributed by atoms with van der Waals surface area (Å²) in [5.41, 5.74) is 0. The van der Waals surface area contributed by atoms with Crippen LogP contribution in [0.3, 0.4) is 0 Å². The summed E-state index contributed by atoms with van der Waals surface area (Å²) in [4.78, 5) is 10.7. The maximum Gasteiger partial charge on any atom is 0.432 e. The molecule has 0 heterocycles. The minimum Gasteiger partial charge on any atom is -0.416 e. The van der Waals surface area contributed by atoms with Gasteiger partial charge in [-0.3, -0.25) is 4.79 Å². The first kappa shape index (κ1) is 11.8. The standard InChI is InChI=1S/C10H13O4P/c1-3-15(12,13-9(2)11)14-10-7-5-4-6-8-10/h4-8H,3H2,1-2H3. The van der Waals surface area contributed by atoms with Gasteiger partial charge in [-0.1, -0.05) is 25.1 Å². The van der Waals surface area contributed by atoms with Gasteiger partial charge in [-0.05, 0) is 12.1 Å². The molecule has 1 aromatic carbocycles. The zero-order chi connectivity index (χ0) is 11.3. The molecule has 0 aliphatic heterocycles. The van der Waals surface area contributed by atoms with Gasteiger partial charge in [0, 0.05) is 6.92 Å². The van der Waals surface area contributed by atoms with E-state index in [4.69, 9.17) is 4.52 Å². The molecule has 15 heavy (non-hydrogen) atoms. The number of para-hydroxylation sites is 1. The molecule has 0 aromatic heterocycles. The first-order chi connectivity index (χ1) is 7.06. The Hall–Kier alpha value is -1.28. The SMILES string of the molecule is CCP(=O)(OC(C)=O)Oc1ccccc1. The second kappa shape index (κ2) is 4.99. The van der Waals surface area contributed by atoms with E-state index in [0.29, 0.717) is 5.75 Å². The topological polar surface area (TPSA) is 52.6 Å². The first-order valence-corrected chi connectivity index (χ1v) is 6.32. The molecule has 1 atom stereocenters. The van der Waals surface area contributed by atoms with Crippen molar-refractivity contribution < 1.29 is 18.4 Å². The molecule has 0 saturated carbocycles. The van der Waals surface area contributed by atoms with Gasteiger partial charge in [-0.25, -0.2) is 4.57 Å². The molecule has 1 rings (SSSR count). The van der Waals surface area contributed by atoms with Crippen molar-refractivity contribution in [1.82, 2.24) is 0 Å². The van der Waals surface area contributed by atoms with Crippen LogP contribution in [0, 0.1) is 0 Å². The number of carbonyl (C=O) groups is 1. The highest BCUT2D eigenvalue weighted by atomic mass is 31.2. The van der Waals surface area contributed by atoms with Gasteiger partial charge in [-0.2, -0.15) is 0 Å². The molecule has 0 spiro atoms. The quantitative estimate of drug-likeness (QED) is 0.743. The van der Waals surface area contributed by atoms with Gasteiger partial charge >= 0.3 is 13.6 Å². The Bertz CT molecular complexity index is 374. The summed E-state index contributed by atoms with van der Waals surface area (Å²) < 4.78 is 21.8. The van der Waals surface area contributed by atoms with E-state index in [1.165, 1.54) is 6.92 Å². The zero-order valence-corrected chi connectivity index (χ0v) is 9.57. The molecule has 1 unspecified atom stereocenters. The van der Waals surface area contributed by atoms with Crippen LogP contribution in [-0.4, -0.2) is 12.1 Å². The molecule has 0 N–H and O–H groups in total. The summed E-state index contributed by atoms with van der Waals surface area (Å²) >= 11 is 0. The summed E-state index contributed by atoms with van der Waals surface area (Å²) in [6.45, 7) is 2.85. The summed E-state index contributed by atoms with van der Waals surface area (Å²) in [7, 11) is -3.33. The highest BCUT2D eigenvalue weighted by molar-refractivity contribution is 7.54. The lowest BCUT2D eigenvalue weighted by Gasteiger charge is -2.16. The van der Waals surface area contributed by atoms with Gasteiger partial charge in [0.1, 0.15) is 5.75 Å². The van der Waals surface area contributed by atoms with Gasteiger partial charge in [0.05, 0.1) is 6.16 Å². The third-order valence-corrected chi connectivity index (χ3v) is 3.44. The van der Waals surface area contributed by atoms with Crippen LogP contribution < -0.4 is 4.52 Å². The van der Waals surface area contributed by atoms with E-state index in [1.807, 2.05) is 6.07 Å². The molecular weight excluding hydrogens is 215 g/mol. The Kier molecular flexibility index (Phi) is 3.92. The van der Waals surface area contributed by atoms with Crippen molar-refractivity contribution in [2.45, 2.75) is 13.8 Å². The number of rotatable bonds is 4. The Morgan fingerprint density at radius 2 is 1.93 bits per heavy atom. The van der Waals surface area contributed by atoms with Crippen LogP contribution in [0.5, 0.6) is 5.75 Å². The zero-order valence-electron chi connectivity index (χ0n) is 8.67. The van der Waals surface area contributed by atoms with Crippen molar-refractivity contribution >= 4 is 13.6 Å². The number of hydrogen-bond donors (Lipinski definition) is 0. The molecule has 0 aliphatic carbocycles. The lowest BCUT2D eigenvalue weighted by molar-refractivity contribution is -0.132. The minimum atomic E-state index is -3.33. The van der Waals surface area contributed by atoms with Crippen molar-refractivity contribution in [1.29, 1.82) is 0 Å². The molecule has 0 radical (unpaired) electrons. The van der Waals surface area contributed by atoms with E-state index in [2.05, 4.69) is 4.52 Å². The summed E-state index contributed by atoms with van der Waals surface area (Å²) in [5.74, 6) is -0.167. The average molecular weight is 228 g/mol. The molecule has 0 aliphatic rings. The summed E-state index contributed by atoms with van der Waals surface area (Å²) in [6, 6.07) is 8.64.